The molecule has 0 N–H and O–H groups in total. The first-order valence-corrected chi connectivity index (χ1v) is 6.44. The van der Waals surface area contributed by atoms with Crippen molar-refractivity contribution in [3.8, 4) is 11.1 Å². The van der Waals surface area contributed by atoms with E-state index in [9.17, 15) is 0 Å². The second kappa shape index (κ2) is 5.72. The minimum absolute atomic E-state index is 1.06. The van der Waals surface area contributed by atoms with Gasteiger partial charge in [0.05, 0.1) is 6.26 Å². The normalized spacial score (nSPS) is 10.7. The molecular weight excluding hydrogens is 208 g/mol. The monoisotopic (exact) mass is 228 g/mol. The van der Waals surface area contributed by atoms with Crippen LogP contribution in [-0.2, 0) is 6.42 Å². The van der Waals surface area contributed by atoms with E-state index in [1.54, 1.807) is 0 Å². The molecule has 0 aliphatic carbocycles. The largest absolute Gasteiger partial charge is 0.469 e. The van der Waals surface area contributed by atoms with Gasteiger partial charge >= 0.3 is 0 Å². The fourth-order valence-corrected chi connectivity index (χ4v) is 2.10. The van der Waals surface area contributed by atoms with Gasteiger partial charge in [0.2, 0.25) is 0 Å². The number of aryl methyl sites for hydroxylation is 2. The lowest BCUT2D eigenvalue weighted by Crippen LogP contribution is -1.82. The molecule has 0 radical (unpaired) electrons. The Balaban J connectivity index is 2.10. The van der Waals surface area contributed by atoms with E-state index in [1.165, 1.54) is 36.0 Å². The fraction of sp³-hybridized carbons (Fsp3) is 0.375. The summed E-state index contributed by atoms with van der Waals surface area (Å²) in [6.45, 7) is 4.36. The van der Waals surface area contributed by atoms with Crippen LogP contribution in [0.5, 0.6) is 0 Å². The zero-order chi connectivity index (χ0) is 12.1. The van der Waals surface area contributed by atoms with Crippen molar-refractivity contribution in [2.75, 3.05) is 0 Å². The Kier molecular flexibility index (Phi) is 4.03. The maximum absolute atomic E-state index is 5.62. The molecule has 0 amide bonds. The summed E-state index contributed by atoms with van der Waals surface area (Å²) < 4.78 is 5.62. The van der Waals surface area contributed by atoms with Crippen LogP contribution in [0.25, 0.3) is 11.1 Å². The van der Waals surface area contributed by atoms with Crippen LogP contribution in [0.15, 0.2) is 41.0 Å². The zero-order valence-electron chi connectivity index (χ0n) is 10.7. The van der Waals surface area contributed by atoms with Gasteiger partial charge in [0.25, 0.3) is 0 Å². The smallest absolute Gasteiger partial charge is 0.104 e. The number of hydrogen-bond acceptors (Lipinski definition) is 1. The topological polar surface area (TPSA) is 13.1 Å². The summed E-state index contributed by atoms with van der Waals surface area (Å²) in [5.74, 6) is 1.11. The first-order valence-electron chi connectivity index (χ1n) is 6.44. The van der Waals surface area contributed by atoms with Gasteiger partial charge in [-0.15, -0.1) is 0 Å². The van der Waals surface area contributed by atoms with E-state index in [2.05, 4.69) is 44.2 Å². The van der Waals surface area contributed by atoms with Crippen LogP contribution < -0.4 is 0 Å². The van der Waals surface area contributed by atoms with Crippen molar-refractivity contribution in [3.05, 3.63) is 47.9 Å². The van der Waals surface area contributed by atoms with Gasteiger partial charge in [0.15, 0.2) is 0 Å². The number of benzene rings is 1. The summed E-state index contributed by atoms with van der Waals surface area (Å²) in [7, 11) is 0. The van der Waals surface area contributed by atoms with Crippen molar-refractivity contribution >= 4 is 0 Å². The maximum atomic E-state index is 5.62. The molecule has 90 valence electrons. The molecule has 0 atom stereocenters. The third kappa shape index (κ3) is 3.00. The molecule has 0 bridgehead atoms. The first kappa shape index (κ1) is 12.0. The average molecular weight is 228 g/mol. The maximum Gasteiger partial charge on any atom is 0.104 e. The van der Waals surface area contributed by atoms with Gasteiger partial charge in [0.1, 0.15) is 5.76 Å². The van der Waals surface area contributed by atoms with E-state index in [0.29, 0.717) is 0 Å². The highest BCUT2D eigenvalue weighted by molar-refractivity contribution is 5.66. The molecule has 17 heavy (non-hydrogen) atoms. The molecule has 0 aliphatic rings. The van der Waals surface area contributed by atoms with Crippen LogP contribution in [0.1, 0.15) is 37.5 Å². The number of hydrogen-bond donors (Lipinski definition) is 0. The van der Waals surface area contributed by atoms with Crippen molar-refractivity contribution in [3.63, 3.8) is 0 Å². The highest BCUT2D eigenvalue weighted by atomic mass is 16.3. The molecule has 0 spiro atoms. The summed E-state index contributed by atoms with van der Waals surface area (Å²) >= 11 is 0. The van der Waals surface area contributed by atoms with Gasteiger partial charge in [0, 0.05) is 12.0 Å². The third-order valence-corrected chi connectivity index (χ3v) is 3.14. The summed E-state index contributed by atoms with van der Waals surface area (Å²) in [5, 5.41) is 0. The molecule has 1 aromatic carbocycles. The van der Waals surface area contributed by atoms with E-state index in [1.807, 2.05) is 6.26 Å². The lowest BCUT2D eigenvalue weighted by molar-refractivity contribution is 0.497. The quantitative estimate of drug-likeness (QED) is 0.657. The molecule has 1 heteroatoms. The molecule has 0 fully saturated rings. The van der Waals surface area contributed by atoms with E-state index in [4.69, 9.17) is 4.42 Å². The average Bonchev–Trinajstić information content (AvgIpc) is 2.79. The number of furan rings is 1. The van der Waals surface area contributed by atoms with Gasteiger partial charge in [-0.3, -0.25) is 0 Å². The Labute approximate surface area is 103 Å². The fourth-order valence-electron chi connectivity index (χ4n) is 2.10. The predicted octanol–water partition coefficient (Wildman–Crippen LogP) is 4.99. The van der Waals surface area contributed by atoms with Crippen LogP contribution in [0.2, 0.25) is 0 Å². The molecule has 0 saturated heterocycles. The highest BCUT2D eigenvalue weighted by Gasteiger charge is 2.05. The van der Waals surface area contributed by atoms with E-state index >= 15 is 0 Å². The molecule has 1 nitrogen and oxygen atoms in total. The summed E-state index contributed by atoms with van der Waals surface area (Å²) in [4.78, 5) is 0. The standard InChI is InChI=1S/C16H20O/c1-3-4-5-9-15-11-14(12-17-15)16-10-7-6-8-13(16)2/h6-8,10-12H,3-5,9H2,1-2H3. The second-order valence-corrected chi connectivity index (χ2v) is 4.57. The molecule has 0 saturated carbocycles. The number of unbranched alkanes of at least 4 members (excludes halogenated alkanes) is 2. The second-order valence-electron chi connectivity index (χ2n) is 4.57. The van der Waals surface area contributed by atoms with Gasteiger partial charge in [-0.25, -0.2) is 0 Å². The Morgan fingerprint density at radius 1 is 1.12 bits per heavy atom. The molecule has 1 aromatic heterocycles. The van der Waals surface area contributed by atoms with Crippen LogP contribution in [0, 0.1) is 6.92 Å². The Bertz CT molecular complexity index is 468. The van der Waals surface area contributed by atoms with E-state index in [0.717, 1.165) is 12.2 Å². The lowest BCUT2D eigenvalue weighted by atomic mass is 10.0. The SMILES string of the molecule is CCCCCc1cc(-c2ccccc2C)co1. The molecule has 2 rings (SSSR count). The predicted molar refractivity (Wildman–Crippen MR) is 72.1 cm³/mol. The van der Waals surface area contributed by atoms with Crippen molar-refractivity contribution in [1.82, 2.24) is 0 Å². The van der Waals surface area contributed by atoms with Gasteiger partial charge in [-0.2, -0.15) is 0 Å². The summed E-state index contributed by atoms with van der Waals surface area (Å²) in [6, 6.07) is 10.6. The van der Waals surface area contributed by atoms with Crippen molar-refractivity contribution in [1.29, 1.82) is 0 Å². The van der Waals surface area contributed by atoms with Crippen LogP contribution in [0.3, 0.4) is 0 Å². The highest BCUT2D eigenvalue weighted by Crippen LogP contribution is 2.25. The van der Waals surface area contributed by atoms with Crippen molar-refractivity contribution in [2.24, 2.45) is 0 Å². The van der Waals surface area contributed by atoms with Gasteiger partial charge in [-0.05, 0) is 30.5 Å². The third-order valence-electron chi connectivity index (χ3n) is 3.14. The molecule has 1 heterocycles. The Morgan fingerprint density at radius 3 is 2.71 bits per heavy atom. The van der Waals surface area contributed by atoms with Gasteiger partial charge < -0.3 is 4.42 Å². The van der Waals surface area contributed by atoms with Crippen LogP contribution >= 0.6 is 0 Å². The number of rotatable bonds is 5. The Morgan fingerprint density at radius 2 is 1.94 bits per heavy atom. The van der Waals surface area contributed by atoms with Gasteiger partial charge in [-0.1, -0.05) is 44.0 Å². The Hall–Kier alpha value is -1.50. The summed E-state index contributed by atoms with van der Waals surface area (Å²) in [5.41, 5.74) is 3.78. The van der Waals surface area contributed by atoms with E-state index in [-0.39, 0.29) is 0 Å². The lowest BCUT2D eigenvalue weighted by Gasteiger charge is -2.00. The zero-order valence-corrected chi connectivity index (χ0v) is 10.7. The van der Waals surface area contributed by atoms with E-state index < -0.39 is 0 Å². The molecule has 0 unspecified atom stereocenters. The molecule has 2 aromatic rings. The van der Waals surface area contributed by atoms with Crippen LogP contribution in [-0.4, -0.2) is 0 Å². The van der Waals surface area contributed by atoms with Crippen LogP contribution in [0.4, 0.5) is 0 Å². The summed E-state index contributed by atoms with van der Waals surface area (Å²) in [6.07, 6.45) is 6.69. The minimum atomic E-state index is 1.06. The van der Waals surface area contributed by atoms with Crippen molar-refractivity contribution in [2.45, 2.75) is 39.5 Å². The molecular formula is C16H20O. The molecule has 0 aliphatic heterocycles. The minimum Gasteiger partial charge on any atom is -0.469 e. The van der Waals surface area contributed by atoms with Crippen molar-refractivity contribution < 1.29 is 4.42 Å². The first-order chi connectivity index (χ1) is 8.31.